The number of methoxy groups -OCH3 is 1. The number of thiophene rings is 1. The molecule has 7 heteroatoms. The third kappa shape index (κ3) is 3.94. The van der Waals surface area contributed by atoms with Gasteiger partial charge in [-0.3, -0.25) is 9.59 Å². The van der Waals surface area contributed by atoms with Crippen LogP contribution in [0.3, 0.4) is 0 Å². The van der Waals surface area contributed by atoms with E-state index in [9.17, 15) is 9.59 Å². The maximum atomic E-state index is 12.0. The van der Waals surface area contributed by atoms with Gasteiger partial charge in [-0.15, -0.1) is 11.3 Å². The van der Waals surface area contributed by atoms with Gasteiger partial charge in [-0.1, -0.05) is 11.6 Å². The number of likely N-dealkylation sites (tertiary alicyclic amines) is 1. The van der Waals surface area contributed by atoms with Crippen molar-refractivity contribution in [3.05, 3.63) is 21.3 Å². The van der Waals surface area contributed by atoms with Gasteiger partial charge >= 0.3 is 0 Å². The molecule has 1 aromatic heterocycles. The predicted molar refractivity (Wildman–Crippen MR) is 77.7 cm³/mol. The molecule has 0 saturated carbocycles. The molecule has 0 bridgehead atoms. The number of rotatable bonds is 6. The predicted octanol–water partition coefficient (Wildman–Crippen LogP) is 1.51. The summed E-state index contributed by atoms with van der Waals surface area (Å²) in [4.78, 5) is 26.5. The lowest BCUT2D eigenvalue weighted by Crippen LogP contribution is -2.33. The highest BCUT2D eigenvalue weighted by Crippen LogP contribution is 2.22. The van der Waals surface area contributed by atoms with Crippen molar-refractivity contribution in [2.75, 3.05) is 26.8 Å². The topological polar surface area (TPSA) is 58.6 Å². The van der Waals surface area contributed by atoms with E-state index in [0.29, 0.717) is 30.6 Å². The average molecular weight is 317 g/mol. The largest absolute Gasteiger partial charge is 0.383 e. The number of nitrogens with one attached hydrogen (secondary N) is 1. The van der Waals surface area contributed by atoms with Crippen LogP contribution in [0.25, 0.3) is 0 Å². The van der Waals surface area contributed by atoms with Crippen molar-refractivity contribution < 1.29 is 14.3 Å². The van der Waals surface area contributed by atoms with Crippen LogP contribution >= 0.6 is 22.9 Å². The highest BCUT2D eigenvalue weighted by Gasteiger charge is 2.33. The second-order valence-corrected chi connectivity index (χ2v) is 6.46. The highest BCUT2D eigenvalue weighted by atomic mass is 35.5. The molecule has 2 heterocycles. The third-order valence-corrected chi connectivity index (χ3v) is 4.45. The fourth-order valence-electron chi connectivity index (χ4n) is 2.13. The minimum Gasteiger partial charge on any atom is -0.383 e. The number of carbonyl (C=O) groups excluding carboxylic acids is 2. The zero-order valence-electron chi connectivity index (χ0n) is 11.2. The standard InChI is InChI=1S/C13H17ClN2O3S/c1-19-5-4-16-8-9(6-12(16)17)13(18)15-7-10-2-3-11(14)20-10/h2-3,9H,4-8H2,1H3,(H,15,18). The van der Waals surface area contributed by atoms with E-state index >= 15 is 0 Å². The summed E-state index contributed by atoms with van der Waals surface area (Å²) in [5.41, 5.74) is 0. The van der Waals surface area contributed by atoms with Gasteiger partial charge in [0, 0.05) is 31.5 Å². The number of nitrogens with zero attached hydrogens (tertiary/aromatic N) is 1. The van der Waals surface area contributed by atoms with Crippen molar-refractivity contribution in [3.8, 4) is 0 Å². The smallest absolute Gasteiger partial charge is 0.225 e. The van der Waals surface area contributed by atoms with E-state index in [1.807, 2.05) is 6.07 Å². The van der Waals surface area contributed by atoms with Crippen LogP contribution in [0.15, 0.2) is 12.1 Å². The summed E-state index contributed by atoms with van der Waals surface area (Å²) in [6.07, 6.45) is 0.279. The number of amides is 2. The Hall–Kier alpha value is -1.11. The van der Waals surface area contributed by atoms with Crippen molar-refractivity contribution in [3.63, 3.8) is 0 Å². The Bertz CT molecular complexity index is 492. The summed E-state index contributed by atoms with van der Waals surface area (Å²) in [7, 11) is 1.59. The van der Waals surface area contributed by atoms with E-state index in [1.54, 1.807) is 18.1 Å². The number of hydrogen-bond acceptors (Lipinski definition) is 4. The van der Waals surface area contributed by atoms with Crippen molar-refractivity contribution in [1.29, 1.82) is 0 Å². The molecule has 0 aliphatic carbocycles. The zero-order chi connectivity index (χ0) is 14.5. The summed E-state index contributed by atoms with van der Waals surface area (Å²) in [6, 6.07) is 3.69. The van der Waals surface area contributed by atoms with E-state index in [2.05, 4.69) is 5.32 Å². The van der Waals surface area contributed by atoms with Crippen molar-refractivity contribution in [1.82, 2.24) is 10.2 Å². The van der Waals surface area contributed by atoms with Crippen molar-refractivity contribution >= 4 is 34.8 Å². The first-order valence-corrected chi connectivity index (χ1v) is 7.58. The summed E-state index contributed by atoms with van der Waals surface area (Å²) in [6.45, 7) is 1.96. The number of carbonyl (C=O) groups is 2. The Balaban J connectivity index is 1.80. The van der Waals surface area contributed by atoms with E-state index in [1.165, 1.54) is 11.3 Å². The molecule has 1 aromatic rings. The molecule has 0 radical (unpaired) electrons. The van der Waals surface area contributed by atoms with Crippen molar-refractivity contribution in [2.45, 2.75) is 13.0 Å². The summed E-state index contributed by atoms with van der Waals surface area (Å²) in [5, 5.41) is 2.85. The van der Waals surface area contributed by atoms with Gasteiger partial charge in [0.25, 0.3) is 0 Å². The molecule has 1 aliphatic rings. The molecular formula is C13H17ClN2O3S. The first-order valence-electron chi connectivity index (χ1n) is 6.38. The Morgan fingerprint density at radius 2 is 2.40 bits per heavy atom. The fraction of sp³-hybridized carbons (Fsp3) is 0.538. The Morgan fingerprint density at radius 3 is 3.05 bits per heavy atom. The van der Waals surface area contributed by atoms with E-state index in [0.717, 1.165) is 4.88 Å². The molecule has 1 N–H and O–H groups in total. The summed E-state index contributed by atoms with van der Waals surface area (Å²) in [5.74, 6) is -0.334. The first kappa shape index (κ1) is 15.3. The van der Waals surface area contributed by atoms with Gasteiger partial charge in [0.1, 0.15) is 0 Å². The van der Waals surface area contributed by atoms with Crippen LogP contribution in [0.4, 0.5) is 0 Å². The van der Waals surface area contributed by atoms with E-state index in [-0.39, 0.29) is 24.2 Å². The van der Waals surface area contributed by atoms with Gasteiger partial charge in [0.15, 0.2) is 0 Å². The molecule has 0 spiro atoms. The van der Waals surface area contributed by atoms with Gasteiger partial charge < -0.3 is 15.0 Å². The third-order valence-electron chi connectivity index (χ3n) is 3.22. The summed E-state index contributed by atoms with van der Waals surface area (Å²) < 4.78 is 5.65. The zero-order valence-corrected chi connectivity index (χ0v) is 12.8. The Morgan fingerprint density at radius 1 is 1.60 bits per heavy atom. The lowest BCUT2D eigenvalue weighted by atomic mass is 10.1. The van der Waals surface area contributed by atoms with E-state index < -0.39 is 0 Å². The van der Waals surface area contributed by atoms with Gasteiger partial charge in [-0.05, 0) is 12.1 Å². The quantitative estimate of drug-likeness (QED) is 0.865. The second kappa shape index (κ2) is 7.06. The lowest BCUT2D eigenvalue weighted by molar-refractivity contribution is -0.129. The van der Waals surface area contributed by atoms with Crippen LogP contribution in [0.2, 0.25) is 4.34 Å². The molecule has 110 valence electrons. The van der Waals surface area contributed by atoms with Gasteiger partial charge in [-0.2, -0.15) is 0 Å². The minimum absolute atomic E-state index is 0.0152. The molecule has 1 aliphatic heterocycles. The molecule has 2 rings (SSSR count). The maximum Gasteiger partial charge on any atom is 0.225 e. The SMILES string of the molecule is COCCN1CC(C(=O)NCc2ccc(Cl)s2)CC1=O. The molecule has 1 fully saturated rings. The van der Waals surface area contributed by atoms with Crippen LogP contribution < -0.4 is 5.32 Å². The molecule has 0 aromatic carbocycles. The maximum absolute atomic E-state index is 12.0. The lowest BCUT2D eigenvalue weighted by Gasteiger charge is -2.15. The van der Waals surface area contributed by atoms with E-state index in [4.69, 9.17) is 16.3 Å². The normalized spacial score (nSPS) is 18.6. The van der Waals surface area contributed by atoms with Crippen molar-refractivity contribution in [2.24, 2.45) is 5.92 Å². The Labute approximate surface area is 126 Å². The Kier molecular flexibility index (Phi) is 5.39. The fourth-order valence-corrected chi connectivity index (χ4v) is 3.16. The van der Waals surface area contributed by atoms with Crippen LogP contribution in [0.5, 0.6) is 0 Å². The van der Waals surface area contributed by atoms with Crippen LogP contribution in [0, 0.1) is 5.92 Å². The molecule has 5 nitrogen and oxygen atoms in total. The highest BCUT2D eigenvalue weighted by molar-refractivity contribution is 7.16. The minimum atomic E-state index is -0.269. The average Bonchev–Trinajstić information content (AvgIpc) is 3.00. The second-order valence-electron chi connectivity index (χ2n) is 4.66. The number of ether oxygens (including phenoxy) is 1. The summed E-state index contributed by atoms with van der Waals surface area (Å²) >= 11 is 7.27. The molecule has 20 heavy (non-hydrogen) atoms. The van der Waals surface area contributed by atoms with Gasteiger partial charge in [0.05, 0.1) is 23.4 Å². The molecule has 2 amide bonds. The first-order chi connectivity index (χ1) is 9.60. The monoisotopic (exact) mass is 316 g/mol. The molecule has 1 atom stereocenters. The molecule has 1 unspecified atom stereocenters. The molecule has 1 saturated heterocycles. The van der Waals surface area contributed by atoms with Crippen LogP contribution in [-0.4, -0.2) is 43.5 Å². The van der Waals surface area contributed by atoms with Gasteiger partial charge in [-0.25, -0.2) is 0 Å². The molecular weight excluding hydrogens is 300 g/mol. The van der Waals surface area contributed by atoms with Crippen LogP contribution in [0.1, 0.15) is 11.3 Å². The number of hydrogen-bond donors (Lipinski definition) is 1. The number of halogens is 1. The van der Waals surface area contributed by atoms with Gasteiger partial charge in [0.2, 0.25) is 11.8 Å². The van der Waals surface area contributed by atoms with Crippen LogP contribution in [-0.2, 0) is 20.9 Å².